The zero-order valence-electron chi connectivity index (χ0n) is 19.0. The number of carbonyl (C=O) groups is 2. The van der Waals surface area contributed by atoms with E-state index < -0.39 is 24.3 Å². The van der Waals surface area contributed by atoms with Gasteiger partial charge in [0.1, 0.15) is 5.82 Å². The number of likely N-dealkylation sites (tertiary alicyclic amines) is 1. The fourth-order valence-electron chi connectivity index (χ4n) is 3.65. The van der Waals surface area contributed by atoms with Crippen molar-refractivity contribution in [3.05, 3.63) is 35.6 Å². The van der Waals surface area contributed by atoms with Crippen molar-refractivity contribution in [1.82, 2.24) is 9.80 Å². The Hall–Kier alpha value is -2.45. The highest BCUT2D eigenvalue weighted by Gasteiger charge is 2.52. The van der Waals surface area contributed by atoms with Crippen LogP contribution in [0.4, 0.5) is 30.7 Å². The number of benzene rings is 1. The first-order valence-electron chi connectivity index (χ1n) is 10.3. The van der Waals surface area contributed by atoms with Crippen LogP contribution < -0.4 is 0 Å². The van der Waals surface area contributed by atoms with Crippen LogP contribution in [0.1, 0.15) is 18.4 Å². The van der Waals surface area contributed by atoms with Crippen molar-refractivity contribution in [2.45, 2.75) is 37.3 Å². The Morgan fingerprint density at radius 3 is 1.97 bits per heavy atom. The molecule has 2 fully saturated rings. The Labute approximate surface area is 197 Å². The van der Waals surface area contributed by atoms with E-state index in [1.165, 1.54) is 18.9 Å². The maximum atomic E-state index is 13.7. The number of nitrogens with zero attached hydrogens (tertiary/aromatic N) is 2. The number of halogens is 7. The minimum Gasteiger partial charge on any atom is -0.475 e. The molecule has 2 aliphatic rings. The first-order valence-corrected chi connectivity index (χ1v) is 10.3. The zero-order valence-corrected chi connectivity index (χ0v) is 19.0. The van der Waals surface area contributed by atoms with Gasteiger partial charge in [-0.1, -0.05) is 18.2 Å². The second-order valence-electron chi connectivity index (χ2n) is 8.33. The molecule has 0 bridgehead atoms. The third kappa shape index (κ3) is 9.98. The molecule has 0 saturated carbocycles. The first-order chi connectivity index (χ1) is 16.0. The molecule has 35 heavy (non-hydrogen) atoms. The summed E-state index contributed by atoms with van der Waals surface area (Å²) < 4.78 is 83.2. The van der Waals surface area contributed by atoms with Gasteiger partial charge in [0.05, 0.1) is 5.60 Å². The highest BCUT2D eigenvalue weighted by molar-refractivity contribution is 5.73. The van der Waals surface area contributed by atoms with Crippen LogP contribution in [0, 0.1) is 11.7 Å². The van der Waals surface area contributed by atoms with Crippen LogP contribution in [-0.2, 0) is 20.9 Å². The van der Waals surface area contributed by atoms with Crippen LogP contribution >= 0.6 is 0 Å². The van der Waals surface area contributed by atoms with Gasteiger partial charge in [0.25, 0.3) is 0 Å². The predicted molar refractivity (Wildman–Crippen MR) is 109 cm³/mol. The van der Waals surface area contributed by atoms with Crippen LogP contribution in [0.15, 0.2) is 24.3 Å². The number of hydrogen-bond acceptors (Lipinski definition) is 5. The SMILES string of the molecule is CN(C)CCC1CCOC12CN(Cc1ccccc1F)C2.O=C(O)C(F)(F)F.O=C(O)C(F)(F)F. The van der Waals surface area contributed by atoms with E-state index in [2.05, 4.69) is 23.9 Å². The fraction of sp³-hybridized carbons (Fsp3) is 0.619. The lowest BCUT2D eigenvalue weighted by Gasteiger charge is -2.50. The molecule has 0 amide bonds. The summed E-state index contributed by atoms with van der Waals surface area (Å²) in [5.41, 5.74) is 0.830. The molecule has 14 heteroatoms. The molecule has 1 spiro atoms. The molecule has 0 aromatic heterocycles. The summed E-state index contributed by atoms with van der Waals surface area (Å²) in [4.78, 5) is 22.3. The van der Waals surface area contributed by atoms with Crippen LogP contribution in [0.5, 0.6) is 0 Å². The highest BCUT2D eigenvalue weighted by Crippen LogP contribution is 2.42. The number of ether oxygens (including phenoxy) is 1. The van der Waals surface area contributed by atoms with Crippen molar-refractivity contribution in [2.24, 2.45) is 5.92 Å². The minimum atomic E-state index is -5.08. The lowest BCUT2D eigenvalue weighted by Crippen LogP contribution is -2.64. The number of carboxylic acid groups (broad SMARTS) is 2. The number of aliphatic carboxylic acids is 2. The maximum absolute atomic E-state index is 13.7. The maximum Gasteiger partial charge on any atom is 0.490 e. The molecule has 1 unspecified atom stereocenters. The molecule has 200 valence electrons. The van der Waals surface area contributed by atoms with E-state index >= 15 is 0 Å². The third-order valence-corrected chi connectivity index (χ3v) is 5.34. The molecule has 0 radical (unpaired) electrons. The zero-order chi connectivity index (χ0) is 27.0. The van der Waals surface area contributed by atoms with Crippen molar-refractivity contribution >= 4 is 11.9 Å². The molecule has 2 N–H and O–H groups in total. The molecular formula is C21H27F7N2O5. The number of hydrogen-bond donors (Lipinski definition) is 2. The minimum absolute atomic E-state index is 0.0429. The van der Waals surface area contributed by atoms with Gasteiger partial charge in [-0.15, -0.1) is 0 Å². The Bertz CT molecular complexity index is 816. The smallest absolute Gasteiger partial charge is 0.475 e. The molecule has 0 aliphatic carbocycles. The summed E-state index contributed by atoms with van der Waals surface area (Å²) in [7, 11) is 4.24. The lowest BCUT2D eigenvalue weighted by molar-refractivity contribution is -0.193. The van der Waals surface area contributed by atoms with E-state index in [9.17, 15) is 30.7 Å². The van der Waals surface area contributed by atoms with Crippen molar-refractivity contribution in [3.8, 4) is 0 Å². The van der Waals surface area contributed by atoms with Gasteiger partial charge in [0, 0.05) is 31.8 Å². The lowest BCUT2D eigenvalue weighted by atomic mass is 9.78. The van der Waals surface area contributed by atoms with Gasteiger partial charge in [-0.05, 0) is 45.5 Å². The summed E-state index contributed by atoms with van der Waals surface area (Å²) in [6.07, 6.45) is -7.80. The van der Waals surface area contributed by atoms with Crippen molar-refractivity contribution in [1.29, 1.82) is 0 Å². The van der Waals surface area contributed by atoms with Crippen LogP contribution in [-0.4, -0.2) is 90.2 Å². The van der Waals surface area contributed by atoms with E-state index in [1.54, 1.807) is 6.07 Å². The standard InChI is InChI=1S/C17H25FN2O.2C2HF3O2/c1-19(2)9-7-15-8-10-21-17(15)12-20(13-17)11-14-5-3-4-6-16(14)18;2*3-2(4,5)1(6)7/h3-6,15H,7-13H2,1-2H3;2*(H,6,7). The van der Waals surface area contributed by atoms with E-state index in [4.69, 9.17) is 24.5 Å². The van der Waals surface area contributed by atoms with Gasteiger partial charge in [-0.2, -0.15) is 26.3 Å². The molecule has 3 rings (SSSR count). The molecule has 7 nitrogen and oxygen atoms in total. The van der Waals surface area contributed by atoms with Crippen molar-refractivity contribution in [2.75, 3.05) is 40.3 Å². The monoisotopic (exact) mass is 520 g/mol. The quantitative estimate of drug-likeness (QED) is 0.573. The fourth-order valence-corrected chi connectivity index (χ4v) is 3.65. The Morgan fingerprint density at radius 2 is 1.54 bits per heavy atom. The van der Waals surface area contributed by atoms with Gasteiger partial charge in [-0.25, -0.2) is 14.0 Å². The Morgan fingerprint density at radius 1 is 1.06 bits per heavy atom. The summed E-state index contributed by atoms with van der Waals surface area (Å²) >= 11 is 0. The van der Waals surface area contributed by atoms with Gasteiger partial charge >= 0.3 is 24.3 Å². The van der Waals surface area contributed by atoms with Crippen LogP contribution in [0.2, 0.25) is 0 Å². The van der Waals surface area contributed by atoms with Gasteiger partial charge in [0.15, 0.2) is 0 Å². The van der Waals surface area contributed by atoms with E-state index in [0.717, 1.165) is 31.8 Å². The average molecular weight is 520 g/mol. The van der Waals surface area contributed by atoms with Gasteiger partial charge < -0.3 is 19.8 Å². The third-order valence-electron chi connectivity index (χ3n) is 5.34. The summed E-state index contributed by atoms with van der Waals surface area (Å²) in [6.45, 7) is 4.58. The van der Waals surface area contributed by atoms with E-state index in [0.29, 0.717) is 12.5 Å². The van der Waals surface area contributed by atoms with E-state index in [1.807, 2.05) is 12.1 Å². The second-order valence-corrected chi connectivity index (χ2v) is 8.33. The molecular weight excluding hydrogens is 493 g/mol. The average Bonchev–Trinajstić information content (AvgIpc) is 3.11. The topological polar surface area (TPSA) is 90.3 Å². The van der Waals surface area contributed by atoms with Crippen molar-refractivity contribution in [3.63, 3.8) is 0 Å². The normalized spacial score (nSPS) is 19.3. The molecule has 1 aromatic carbocycles. The Balaban J connectivity index is 0.000000362. The number of carboxylic acids is 2. The van der Waals surface area contributed by atoms with Gasteiger partial charge in [0.2, 0.25) is 0 Å². The highest BCUT2D eigenvalue weighted by atomic mass is 19.4. The van der Waals surface area contributed by atoms with E-state index in [-0.39, 0.29) is 11.4 Å². The second kappa shape index (κ2) is 12.5. The largest absolute Gasteiger partial charge is 0.490 e. The van der Waals surface area contributed by atoms with Crippen molar-refractivity contribution < 1.29 is 55.3 Å². The molecule has 2 heterocycles. The van der Waals surface area contributed by atoms with Crippen LogP contribution in [0.3, 0.4) is 0 Å². The Kier molecular flexibility index (Phi) is 10.9. The number of alkyl halides is 6. The van der Waals surface area contributed by atoms with Gasteiger partial charge in [-0.3, -0.25) is 4.90 Å². The molecule has 1 atom stereocenters. The first kappa shape index (κ1) is 30.6. The summed E-state index contributed by atoms with van der Waals surface area (Å²) in [6, 6.07) is 7.06. The summed E-state index contributed by atoms with van der Waals surface area (Å²) in [5.74, 6) is -4.97. The molecule has 2 saturated heterocycles. The van der Waals surface area contributed by atoms with Crippen LogP contribution in [0.25, 0.3) is 0 Å². The predicted octanol–water partition coefficient (Wildman–Crippen LogP) is 3.63. The summed E-state index contributed by atoms with van der Waals surface area (Å²) in [5, 5.41) is 14.2. The molecule has 1 aromatic rings. The number of rotatable bonds is 5. The molecule has 2 aliphatic heterocycles.